The van der Waals surface area contributed by atoms with Gasteiger partial charge in [-0.2, -0.15) is 0 Å². The molecule has 3 atom stereocenters. The molecule has 3 rings (SSSR count). The van der Waals surface area contributed by atoms with Crippen LogP contribution in [0.1, 0.15) is 85.4 Å². The number of nitrogens with zero attached hydrogens (tertiary/aromatic N) is 1. The Morgan fingerprint density at radius 3 is 2.33 bits per heavy atom. The minimum Gasteiger partial charge on any atom is -0.400 e. The maximum Gasteiger partial charge on any atom is 0.216 e. The van der Waals surface area contributed by atoms with Crippen molar-refractivity contribution in [3.63, 3.8) is 0 Å². The van der Waals surface area contributed by atoms with Crippen LogP contribution in [0.4, 0.5) is 4.39 Å². The van der Waals surface area contributed by atoms with Crippen molar-refractivity contribution in [1.82, 2.24) is 15.8 Å². The van der Waals surface area contributed by atoms with Crippen LogP contribution in [-0.2, 0) is 11.2 Å². The van der Waals surface area contributed by atoms with Gasteiger partial charge in [0.05, 0.1) is 16.7 Å². The van der Waals surface area contributed by atoms with Crippen LogP contribution in [-0.4, -0.2) is 65.3 Å². The third-order valence-electron chi connectivity index (χ3n) is 5.87. The van der Waals surface area contributed by atoms with Gasteiger partial charge in [0, 0.05) is 38.6 Å². The zero-order valence-electron chi connectivity index (χ0n) is 26.8. The quantitative estimate of drug-likeness (QED) is 0.216. The number of carbonyl (C=O) groups excluding carboxylic acids is 1. The first-order chi connectivity index (χ1) is 20.0. The number of aliphatic hydroxyl groups excluding tert-OH is 3. The number of benzene rings is 1. The number of carbonyl (C=O) groups is 1. The lowest BCUT2D eigenvalue weighted by atomic mass is 9.92. The van der Waals surface area contributed by atoms with Gasteiger partial charge in [0.1, 0.15) is 11.5 Å². The standard InChI is InChI=1S/C18H22BrN3O3.C7H11F.C4H10O.C2H6.CH4O/c1-11(23)21-9-6-12-4-2-3-5-13(12)18-16(19)17(22-25-18)14-10-20-8-7-15(14)24;1-4-5-7(8)6(2)3;1-3-4(2)5;2*1-2/h2-5,14-15,20,24H,6-10H2,1H3,(H,21,23);4-5H,1-3H3;4-5H,3H2,1-2H3;1-2H3;2H,1H3/b;5-4-;;;/t14-,15+;;;;/m0..../s1. The summed E-state index contributed by atoms with van der Waals surface area (Å²) in [5.74, 6) is 0.394. The van der Waals surface area contributed by atoms with Crippen molar-refractivity contribution in [3.8, 4) is 11.3 Å². The van der Waals surface area contributed by atoms with E-state index in [2.05, 4.69) is 31.7 Å². The fourth-order valence-corrected chi connectivity index (χ4v) is 4.11. The molecule has 10 heteroatoms. The van der Waals surface area contributed by atoms with Crippen LogP contribution in [0.15, 0.2) is 56.8 Å². The Bertz CT molecular complexity index is 1050. The van der Waals surface area contributed by atoms with E-state index < -0.39 is 6.10 Å². The molecule has 1 fully saturated rings. The number of nitrogens with one attached hydrogen (secondary N) is 2. The molecule has 1 aliphatic heterocycles. The van der Waals surface area contributed by atoms with Crippen molar-refractivity contribution >= 4 is 21.8 Å². The molecule has 1 saturated heterocycles. The maximum atomic E-state index is 12.3. The molecule has 2 aromatic rings. The van der Waals surface area contributed by atoms with Gasteiger partial charge in [0.2, 0.25) is 5.91 Å². The van der Waals surface area contributed by atoms with Gasteiger partial charge < -0.3 is 30.5 Å². The van der Waals surface area contributed by atoms with E-state index in [0.29, 0.717) is 31.7 Å². The number of amides is 1. The van der Waals surface area contributed by atoms with Gasteiger partial charge in [-0.25, -0.2) is 4.39 Å². The first-order valence-electron chi connectivity index (χ1n) is 14.5. The zero-order valence-corrected chi connectivity index (χ0v) is 28.4. The summed E-state index contributed by atoms with van der Waals surface area (Å²) >= 11 is 3.61. The van der Waals surface area contributed by atoms with Crippen LogP contribution in [0.5, 0.6) is 0 Å². The second-order valence-electron chi connectivity index (χ2n) is 9.37. The van der Waals surface area contributed by atoms with Crippen LogP contribution in [0.2, 0.25) is 0 Å². The third kappa shape index (κ3) is 16.3. The van der Waals surface area contributed by atoms with Gasteiger partial charge in [0.25, 0.3) is 0 Å². The molecule has 0 saturated carbocycles. The number of rotatable bonds is 7. The van der Waals surface area contributed by atoms with E-state index in [1.54, 1.807) is 33.8 Å². The summed E-state index contributed by atoms with van der Waals surface area (Å²) < 4.78 is 18.7. The number of hydrogen-bond acceptors (Lipinski definition) is 7. The van der Waals surface area contributed by atoms with E-state index >= 15 is 0 Å². The lowest BCUT2D eigenvalue weighted by Gasteiger charge is -2.26. The first-order valence-corrected chi connectivity index (χ1v) is 15.3. The summed E-state index contributed by atoms with van der Waals surface area (Å²) in [4.78, 5) is 11.1. The molecule has 1 aromatic carbocycles. The topological polar surface area (TPSA) is 128 Å². The van der Waals surface area contributed by atoms with Crippen molar-refractivity contribution < 1.29 is 29.0 Å². The number of piperidine rings is 1. The molecule has 1 amide bonds. The number of allylic oxidation sites excluding steroid dienone is 4. The lowest BCUT2D eigenvalue weighted by Crippen LogP contribution is -2.38. The predicted molar refractivity (Wildman–Crippen MR) is 174 cm³/mol. The van der Waals surface area contributed by atoms with E-state index in [1.807, 2.05) is 45.0 Å². The Morgan fingerprint density at radius 1 is 1.26 bits per heavy atom. The maximum absolute atomic E-state index is 12.3. The minimum absolute atomic E-state index is 0.0422. The van der Waals surface area contributed by atoms with Crippen molar-refractivity contribution in [3.05, 3.63) is 63.5 Å². The van der Waals surface area contributed by atoms with Crippen LogP contribution in [0.3, 0.4) is 0 Å². The van der Waals surface area contributed by atoms with E-state index in [-0.39, 0.29) is 23.8 Å². The molecule has 42 heavy (non-hydrogen) atoms. The summed E-state index contributed by atoms with van der Waals surface area (Å²) in [7, 11) is 1.00. The lowest BCUT2D eigenvalue weighted by molar-refractivity contribution is -0.118. The molecule has 0 aliphatic carbocycles. The van der Waals surface area contributed by atoms with Gasteiger partial charge in [-0.1, -0.05) is 56.3 Å². The Balaban J connectivity index is 0. The molecule has 0 radical (unpaired) electrons. The zero-order chi connectivity index (χ0) is 32.7. The van der Waals surface area contributed by atoms with Gasteiger partial charge in [0.15, 0.2) is 5.76 Å². The van der Waals surface area contributed by atoms with E-state index in [0.717, 1.165) is 46.9 Å². The van der Waals surface area contributed by atoms with Crippen molar-refractivity contribution in [2.75, 3.05) is 26.7 Å². The molecular weight excluding hydrogens is 605 g/mol. The smallest absolute Gasteiger partial charge is 0.216 e. The van der Waals surface area contributed by atoms with Crippen LogP contribution < -0.4 is 10.6 Å². The summed E-state index contributed by atoms with van der Waals surface area (Å²) in [6.45, 7) is 16.6. The first kappa shape index (κ1) is 41.8. The molecule has 240 valence electrons. The molecule has 5 N–H and O–H groups in total. The highest BCUT2D eigenvalue weighted by Gasteiger charge is 2.31. The number of aromatic nitrogens is 1. The highest BCUT2D eigenvalue weighted by molar-refractivity contribution is 9.10. The molecule has 1 unspecified atom stereocenters. The van der Waals surface area contributed by atoms with Crippen LogP contribution in [0, 0.1) is 0 Å². The summed E-state index contributed by atoms with van der Waals surface area (Å²) in [6, 6.07) is 7.91. The second-order valence-corrected chi connectivity index (χ2v) is 10.2. The Kier molecular flexibility index (Phi) is 25.0. The molecule has 2 heterocycles. The number of halogens is 2. The van der Waals surface area contributed by atoms with Crippen LogP contribution >= 0.6 is 15.9 Å². The Labute approximate surface area is 260 Å². The van der Waals surface area contributed by atoms with E-state index in [4.69, 9.17) is 14.7 Å². The molecule has 1 aromatic heterocycles. The van der Waals surface area contributed by atoms with Gasteiger partial charge in [-0.15, -0.1) is 0 Å². The molecule has 0 spiro atoms. The second kappa shape index (κ2) is 25.2. The third-order valence-corrected chi connectivity index (χ3v) is 6.63. The van der Waals surface area contributed by atoms with Gasteiger partial charge >= 0.3 is 0 Å². The highest BCUT2D eigenvalue weighted by atomic mass is 79.9. The molecule has 0 bridgehead atoms. The summed E-state index contributed by atoms with van der Waals surface area (Å²) in [6.07, 6.45) is 4.86. The van der Waals surface area contributed by atoms with Crippen molar-refractivity contribution in [1.29, 1.82) is 0 Å². The Morgan fingerprint density at radius 2 is 1.86 bits per heavy atom. The van der Waals surface area contributed by atoms with E-state index in [1.165, 1.54) is 13.0 Å². The minimum atomic E-state index is -0.425. The fourth-order valence-electron chi connectivity index (χ4n) is 3.46. The van der Waals surface area contributed by atoms with Crippen LogP contribution in [0.25, 0.3) is 11.3 Å². The van der Waals surface area contributed by atoms with E-state index in [9.17, 15) is 14.3 Å². The molecule has 8 nitrogen and oxygen atoms in total. The van der Waals surface area contributed by atoms with Crippen molar-refractivity contribution in [2.24, 2.45) is 0 Å². The SMILES string of the molecule is C/C=C\C(F)=C(C)C.CC.CC(=O)NCCc1ccccc1-c1onc([C@H]2CNCC[C@H]2O)c1Br.CCC(C)O.CO. The predicted octanol–water partition coefficient (Wildman–Crippen LogP) is 6.46. The monoisotopic (exact) mass is 657 g/mol. The average molecular weight is 659 g/mol. The molecular formula is C32H53BrFN3O5. The number of aliphatic hydroxyl groups is 3. The van der Waals surface area contributed by atoms with Gasteiger partial charge in [-0.05, 0) is 86.6 Å². The normalized spacial score (nSPS) is 16.1. The summed E-state index contributed by atoms with van der Waals surface area (Å²) in [5.41, 5.74) is 3.48. The number of hydrogen-bond donors (Lipinski definition) is 5. The Hall–Kier alpha value is -2.37. The largest absolute Gasteiger partial charge is 0.400 e. The van der Waals surface area contributed by atoms with Gasteiger partial charge in [-0.3, -0.25) is 4.79 Å². The fraction of sp³-hybridized carbons (Fsp3) is 0.562. The summed E-state index contributed by atoms with van der Waals surface area (Å²) in [5, 5.41) is 36.0. The average Bonchev–Trinajstić information content (AvgIpc) is 3.36. The van der Waals surface area contributed by atoms with Crippen molar-refractivity contribution in [2.45, 2.75) is 92.8 Å². The highest BCUT2D eigenvalue weighted by Crippen LogP contribution is 2.38. The molecule has 1 aliphatic rings.